The van der Waals surface area contributed by atoms with Gasteiger partial charge in [-0.15, -0.1) is 11.8 Å². The lowest BCUT2D eigenvalue weighted by atomic mass is 10.1. The Morgan fingerprint density at radius 2 is 1.69 bits per heavy atom. The molecule has 4 aromatic rings. The maximum Gasteiger partial charge on any atom is 0.238 e. The molecule has 0 unspecified atom stereocenters. The van der Waals surface area contributed by atoms with E-state index in [1.165, 1.54) is 36.0 Å². The highest BCUT2D eigenvalue weighted by Gasteiger charge is 2.36. The number of carbonyl (C=O) groups is 1. The van der Waals surface area contributed by atoms with E-state index in [1.807, 2.05) is 36.5 Å². The number of halogens is 1. The van der Waals surface area contributed by atoms with Crippen molar-refractivity contribution in [3.8, 4) is 16.9 Å². The van der Waals surface area contributed by atoms with Crippen LogP contribution in [0.15, 0.2) is 90.0 Å². The molecule has 2 heterocycles. The zero-order valence-corrected chi connectivity index (χ0v) is 20.0. The molecule has 1 fully saturated rings. The Morgan fingerprint density at radius 1 is 1.00 bits per heavy atom. The van der Waals surface area contributed by atoms with Crippen molar-refractivity contribution in [3.05, 3.63) is 102 Å². The summed E-state index contributed by atoms with van der Waals surface area (Å²) in [5, 5.41) is 9.66. The molecule has 3 aromatic carbocycles. The number of para-hydroxylation sites is 1. The normalized spacial score (nSPS) is 16.1. The topological polar surface area (TPSA) is 98.3 Å². The molecule has 0 saturated carbocycles. The van der Waals surface area contributed by atoms with Crippen molar-refractivity contribution in [2.75, 3.05) is 5.75 Å². The van der Waals surface area contributed by atoms with Crippen LogP contribution in [0.1, 0.15) is 16.5 Å². The first kappa shape index (κ1) is 23.3. The van der Waals surface area contributed by atoms with Gasteiger partial charge in [-0.2, -0.15) is 5.10 Å². The molecule has 1 amide bonds. The van der Waals surface area contributed by atoms with E-state index >= 15 is 0 Å². The van der Waals surface area contributed by atoms with Crippen LogP contribution >= 0.6 is 11.8 Å². The first-order valence-corrected chi connectivity index (χ1v) is 13.3. The highest BCUT2D eigenvalue weighted by Crippen LogP contribution is 2.43. The van der Waals surface area contributed by atoms with Gasteiger partial charge in [0, 0.05) is 23.9 Å². The summed E-state index contributed by atoms with van der Waals surface area (Å²) < 4.78 is 38.5. The van der Waals surface area contributed by atoms with Crippen molar-refractivity contribution in [1.29, 1.82) is 0 Å². The minimum absolute atomic E-state index is 0.0163. The minimum atomic E-state index is -3.80. The van der Waals surface area contributed by atoms with Crippen LogP contribution < -0.4 is 5.14 Å². The van der Waals surface area contributed by atoms with Gasteiger partial charge in [-0.1, -0.05) is 30.3 Å². The molecular weight excluding hydrogens is 487 g/mol. The molecule has 1 saturated heterocycles. The fourth-order valence-electron chi connectivity index (χ4n) is 3.98. The molecule has 178 valence electrons. The number of rotatable bonds is 6. The second-order valence-electron chi connectivity index (χ2n) is 8.09. The van der Waals surface area contributed by atoms with Gasteiger partial charge in [-0.25, -0.2) is 22.6 Å². The van der Waals surface area contributed by atoms with Crippen molar-refractivity contribution in [2.45, 2.75) is 16.8 Å². The highest BCUT2D eigenvalue weighted by atomic mass is 32.2. The SMILES string of the molecule is NS(=O)(=O)c1ccc(CN2C(=O)CS[C@@H]2c2cn(-c3ccccc3)nc2-c2ccc(F)cc2)cc1. The van der Waals surface area contributed by atoms with Crippen LogP contribution in [-0.2, 0) is 21.4 Å². The van der Waals surface area contributed by atoms with Crippen LogP contribution in [-0.4, -0.2) is 34.8 Å². The fourth-order valence-corrected chi connectivity index (χ4v) is 5.68. The number of hydrogen-bond acceptors (Lipinski definition) is 5. The Hall–Kier alpha value is -3.47. The molecule has 0 radical (unpaired) electrons. The summed E-state index contributed by atoms with van der Waals surface area (Å²) >= 11 is 1.49. The lowest BCUT2D eigenvalue weighted by Crippen LogP contribution is -2.27. The standard InChI is InChI=1S/C25H21FN4O3S2/c26-19-10-8-18(9-11-19)24-22(15-30(28-24)20-4-2-1-3-5-20)25-29(23(31)16-34-25)14-17-6-12-21(13-7-17)35(27,32)33/h1-13,15,25H,14,16H2,(H2,27,32,33)/t25-/m1/s1. The number of benzene rings is 3. The number of hydrogen-bond donors (Lipinski definition) is 1. The molecule has 0 spiro atoms. The molecule has 1 atom stereocenters. The summed E-state index contributed by atoms with van der Waals surface area (Å²) in [5.41, 5.74) is 3.88. The van der Waals surface area contributed by atoms with E-state index in [1.54, 1.807) is 33.8 Å². The smallest absolute Gasteiger partial charge is 0.238 e. The monoisotopic (exact) mass is 508 g/mol. The van der Waals surface area contributed by atoms with Crippen molar-refractivity contribution in [1.82, 2.24) is 14.7 Å². The van der Waals surface area contributed by atoms with Gasteiger partial charge in [0.05, 0.1) is 22.0 Å². The Kier molecular flexibility index (Phi) is 6.18. The third-order valence-electron chi connectivity index (χ3n) is 5.72. The second kappa shape index (κ2) is 9.29. The van der Waals surface area contributed by atoms with Gasteiger partial charge < -0.3 is 4.90 Å². The third-order valence-corrected chi connectivity index (χ3v) is 7.89. The average Bonchev–Trinajstić information content (AvgIpc) is 3.44. The molecule has 5 rings (SSSR count). The fraction of sp³-hybridized carbons (Fsp3) is 0.120. The lowest BCUT2D eigenvalue weighted by molar-refractivity contribution is -0.128. The van der Waals surface area contributed by atoms with E-state index in [4.69, 9.17) is 10.2 Å². The van der Waals surface area contributed by atoms with Crippen LogP contribution in [0.25, 0.3) is 16.9 Å². The first-order valence-electron chi connectivity index (χ1n) is 10.7. The Balaban J connectivity index is 1.53. The molecule has 1 aliphatic heterocycles. The van der Waals surface area contributed by atoms with Gasteiger partial charge >= 0.3 is 0 Å². The number of carbonyl (C=O) groups excluding carboxylic acids is 1. The van der Waals surface area contributed by atoms with Crippen LogP contribution in [0, 0.1) is 5.82 Å². The average molecular weight is 509 g/mol. The van der Waals surface area contributed by atoms with Crippen LogP contribution in [0.4, 0.5) is 4.39 Å². The number of amides is 1. The molecule has 1 aromatic heterocycles. The van der Waals surface area contributed by atoms with E-state index in [0.29, 0.717) is 18.0 Å². The Morgan fingerprint density at radius 3 is 2.34 bits per heavy atom. The van der Waals surface area contributed by atoms with E-state index in [2.05, 4.69) is 0 Å². The predicted octanol–water partition coefficient (Wildman–Crippen LogP) is 4.10. The predicted molar refractivity (Wildman–Crippen MR) is 133 cm³/mol. The van der Waals surface area contributed by atoms with Crippen LogP contribution in [0.5, 0.6) is 0 Å². The minimum Gasteiger partial charge on any atom is -0.321 e. The Bertz CT molecular complexity index is 1470. The van der Waals surface area contributed by atoms with Gasteiger partial charge in [-0.3, -0.25) is 4.79 Å². The molecule has 0 bridgehead atoms. The van der Waals surface area contributed by atoms with Gasteiger partial charge in [0.25, 0.3) is 0 Å². The highest BCUT2D eigenvalue weighted by molar-refractivity contribution is 8.00. The maximum atomic E-state index is 13.6. The van der Waals surface area contributed by atoms with Gasteiger partial charge in [-0.05, 0) is 54.1 Å². The third kappa shape index (κ3) is 4.86. The summed E-state index contributed by atoms with van der Waals surface area (Å²) in [6.07, 6.45) is 1.90. The lowest BCUT2D eigenvalue weighted by Gasteiger charge is -2.24. The van der Waals surface area contributed by atoms with E-state index < -0.39 is 10.0 Å². The van der Waals surface area contributed by atoms with Gasteiger partial charge in [0.15, 0.2) is 0 Å². The summed E-state index contributed by atoms with van der Waals surface area (Å²) in [6.45, 7) is 0.292. The number of primary sulfonamides is 1. The number of nitrogens with zero attached hydrogens (tertiary/aromatic N) is 3. The summed E-state index contributed by atoms with van der Waals surface area (Å²) in [4.78, 5) is 14.6. The molecule has 2 N–H and O–H groups in total. The summed E-state index contributed by atoms with van der Waals surface area (Å²) in [7, 11) is -3.80. The second-order valence-corrected chi connectivity index (χ2v) is 10.7. The van der Waals surface area contributed by atoms with E-state index in [-0.39, 0.29) is 22.0 Å². The van der Waals surface area contributed by atoms with Crippen molar-refractivity contribution < 1.29 is 17.6 Å². The molecule has 7 nitrogen and oxygen atoms in total. The molecule has 35 heavy (non-hydrogen) atoms. The molecule has 0 aliphatic carbocycles. The van der Waals surface area contributed by atoms with Gasteiger partial charge in [0.2, 0.25) is 15.9 Å². The zero-order chi connectivity index (χ0) is 24.6. The number of aromatic nitrogens is 2. The van der Waals surface area contributed by atoms with Gasteiger partial charge in [0.1, 0.15) is 11.2 Å². The summed E-state index contributed by atoms with van der Waals surface area (Å²) in [5.74, 6) is -0.0694. The molecule has 10 heteroatoms. The molecular formula is C25H21FN4O3S2. The summed E-state index contributed by atoms with van der Waals surface area (Å²) in [6, 6.07) is 21.9. The van der Waals surface area contributed by atoms with Crippen LogP contribution in [0.3, 0.4) is 0 Å². The van der Waals surface area contributed by atoms with Crippen molar-refractivity contribution in [2.24, 2.45) is 5.14 Å². The first-order chi connectivity index (χ1) is 16.8. The zero-order valence-electron chi connectivity index (χ0n) is 18.4. The van der Waals surface area contributed by atoms with Crippen molar-refractivity contribution in [3.63, 3.8) is 0 Å². The molecule has 1 aliphatic rings. The number of thioether (sulfide) groups is 1. The quantitative estimate of drug-likeness (QED) is 0.423. The van der Waals surface area contributed by atoms with Crippen molar-refractivity contribution >= 4 is 27.7 Å². The largest absolute Gasteiger partial charge is 0.321 e. The van der Waals surface area contributed by atoms with E-state index in [0.717, 1.165) is 22.4 Å². The van der Waals surface area contributed by atoms with E-state index in [9.17, 15) is 17.6 Å². The van der Waals surface area contributed by atoms with Crippen LogP contribution in [0.2, 0.25) is 0 Å². The Labute approximate surface area is 206 Å². The number of nitrogens with two attached hydrogens (primary N) is 1. The number of sulfonamides is 1. The maximum absolute atomic E-state index is 13.6.